The van der Waals surface area contributed by atoms with E-state index in [0.717, 1.165) is 16.0 Å². The Morgan fingerprint density at radius 1 is 0.846 bits per heavy atom. The number of benzene rings is 2. The van der Waals surface area contributed by atoms with Crippen LogP contribution in [0.2, 0.25) is 10.0 Å². The predicted octanol–water partition coefficient (Wildman–Crippen LogP) is 3.95. The molecule has 2 aromatic rings. The average Bonchev–Trinajstić information content (AvgIpc) is 2.86. The van der Waals surface area contributed by atoms with E-state index < -0.39 is 17.8 Å². The molecule has 0 aromatic heterocycles. The van der Waals surface area contributed by atoms with Gasteiger partial charge in [0.25, 0.3) is 0 Å². The van der Waals surface area contributed by atoms with Crippen molar-refractivity contribution in [2.24, 2.45) is 11.8 Å². The van der Waals surface area contributed by atoms with E-state index in [-0.39, 0.29) is 23.5 Å². The number of amides is 2. The maximum absolute atomic E-state index is 13.2. The van der Waals surface area contributed by atoms with Gasteiger partial charge in [0.1, 0.15) is 5.78 Å². The Bertz CT molecular complexity index is 982. The summed E-state index contributed by atoms with van der Waals surface area (Å²) in [5, 5.41) is 0.704. The molecule has 4 atom stereocenters. The minimum absolute atomic E-state index is 0.0436. The quantitative estimate of drug-likeness (QED) is 0.698. The van der Waals surface area contributed by atoms with Gasteiger partial charge in [0.2, 0.25) is 11.8 Å². The van der Waals surface area contributed by atoms with E-state index in [4.69, 9.17) is 23.2 Å². The lowest BCUT2D eigenvalue weighted by Crippen LogP contribution is -2.44. The maximum Gasteiger partial charge on any atom is 0.238 e. The third-order valence-corrected chi connectivity index (χ3v) is 6.23. The molecule has 0 radical (unpaired) electrons. The van der Waals surface area contributed by atoms with Crippen LogP contribution in [0.1, 0.15) is 29.4 Å². The molecule has 26 heavy (non-hydrogen) atoms. The molecule has 130 valence electrons. The molecule has 1 aliphatic heterocycles. The van der Waals surface area contributed by atoms with E-state index in [1.165, 1.54) is 0 Å². The minimum Gasteiger partial charge on any atom is -0.299 e. The fourth-order valence-corrected chi connectivity index (χ4v) is 5.40. The number of carbonyl (C=O) groups is 3. The smallest absolute Gasteiger partial charge is 0.238 e. The van der Waals surface area contributed by atoms with Crippen molar-refractivity contribution in [2.75, 3.05) is 4.90 Å². The molecule has 2 bridgehead atoms. The van der Waals surface area contributed by atoms with Gasteiger partial charge >= 0.3 is 0 Å². The molecule has 1 heterocycles. The normalized spacial score (nSPS) is 29.2. The molecule has 3 aliphatic carbocycles. The van der Waals surface area contributed by atoms with Crippen molar-refractivity contribution >= 4 is 46.5 Å². The molecule has 1 saturated carbocycles. The van der Waals surface area contributed by atoms with E-state index in [2.05, 4.69) is 0 Å². The molecule has 0 spiro atoms. The first-order valence-corrected chi connectivity index (χ1v) is 9.18. The van der Waals surface area contributed by atoms with Crippen molar-refractivity contribution in [1.82, 2.24) is 0 Å². The van der Waals surface area contributed by atoms with Gasteiger partial charge in [0, 0.05) is 22.4 Å². The summed E-state index contributed by atoms with van der Waals surface area (Å²) >= 11 is 12.1. The molecule has 0 unspecified atom stereocenters. The zero-order valence-electron chi connectivity index (χ0n) is 13.5. The van der Waals surface area contributed by atoms with Crippen molar-refractivity contribution in [1.29, 1.82) is 0 Å². The van der Waals surface area contributed by atoms with Gasteiger partial charge in [-0.2, -0.15) is 0 Å². The van der Waals surface area contributed by atoms with Gasteiger partial charge in [-0.25, -0.2) is 4.90 Å². The summed E-state index contributed by atoms with van der Waals surface area (Å²) in [6.07, 6.45) is 0.312. The zero-order valence-corrected chi connectivity index (χ0v) is 15.0. The van der Waals surface area contributed by atoms with Gasteiger partial charge in [0.05, 0.1) is 23.4 Å². The Hall–Kier alpha value is -2.17. The lowest BCUT2D eigenvalue weighted by atomic mass is 9.56. The van der Waals surface area contributed by atoms with Crippen LogP contribution < -0.4 is 4.90 Å². The van der Waals surface area contributed by atoms with E-state index in [1.807, 2.05) is 24.3 Å². The van der Waals surface area contributed by atoms with Crippen LogP contribution >= 0.6 is 23.2 Å². The summed E-state index contributed by atoms with van der Waals surface area (Å²) in [5.41, 5.74) is 2.27. The summed E-state index contributed by atoms with van der Waals surface area (Å²) in [6, 6.07) is 12.3. The fourth-order valence-electron chi connectivity index (χ4n) is 4.88. The largest absolute Gasteiger partial charge is 0.299 e. The van der Waals surface area contributed by atoms with Gasteiger partial charge in [-0.3, -0.25) is 14.4 Å². The van der Waals surface area contributed by atoms with Crippen molar-refractivity contribution < 1.29 is 14.4 Å². The summed E-state index contributed by atoms with van der Waals surface area (Å²) in [6.45, 7) is 0. The van der Waals surface area contributed by atoms with Crippen LogP contribution in [0.25, 0.3) is 0 Å². The highest BCUT2D eigenvalue weighted by molar-refractivity contribution is 6.36. The summed E-state index contributed by atoms with van der Waals surface area (Å²) < 4.78 is 0. The van der Waals surface area contributed by atoms with Crippen molar-refractivity contribution in [2.45, 2.75) is 18.3 Å². The van der Waals surface area contributed by atoms with Gasteiger partial charge in [0.15, 0.2) is 0 Å². The second-order valence-corrected chi connectivity index (χ2v) is 7.95. The number of hydrogen-bond acceptors (Lipinski definition) is 3. The molecular formula is C20H13Cl2NO3. The van der Waals surface area contributed by atoms with Gasteiger partial charge < -0.3 is 0 Å². The SMILES string of the molecule is O=C1C[C@H]2c3ccccc3[C@H]1[C@@H]1C(=O)N(c3cc(Cl)cc(Cl)c3)C(=O)[C@H]12. The Morgan fingerprint density at radius 3 is 2.15 bits per heavy atom. The first-order chi connectivity index (χ1) is 12.5. The Kier molecular flexibility index (Phi) is 3.34. The number of rotatable bonds is 1. The number of ketones is 1. The Balaban J connectivity index is 1.66. The number of carbonyl (C=O) groups excluding carboxylic acids is 3. The zero-order chi connectivity index (χ0) is 18.2. The van der Waals surface area contributed by atoms with Gasteiger partial charge in [-0.15, -0.1) is 0 Å². The molecule has 6 heteroatoms. The standard InChI is InChI=1S/C20H13Cl2NO3/c21-9-5-10(22)7-11(6-9)23-19(25)17-14-8-15(24)16(18(17)20(23)26)13-4-2-1-3-12(13)14/h1-7,14,16-18H,8H2/t14-,16+,17-,18-/m0/s1. The molecule has 2 aromatic carbocycles. The highest BCUT2D eigenvalue weighted by Crippen LogP contribution is 2.57. The number of Topliss-reactive ketones (excluding diaryl/α,β-unsaturated/α-hetero) is 1. The minimum atomic E-state index is -0.638. The number of hydrogen-bond donors (Lipinski definition) is 0. The van der Waals surface area contributed by atoms with Crippen LogP contribution in [0.3, 0.4) is 0 Å². The molecule has 4 aliphatic rings. The molecule has 2 amide bonds. The molecule has 4 nitrogen and oxygen atoms in total. The Labute approximate surface area is 159 Å². The van der Waals surface area contributed by atoms with Crippen LogP contribution in [-0.4, -0.2) is 17.6 Å². The fraction of sp³-hybridized carbons (Fsp3) is 0.250. The van der Waals surface area contributed by atoms with Crippen LogP contribution in [0.5, 0.6) is 0 Å². The average molecular weight is 386 g/mol. The van der Waals surface area contributed by atoms with Crippen LogP contribution in [0, 0.1) is 11.8 Å². The van der Waals surface area contributed by atoms with Gasteiger partial charge in [-0.05, 0) is 29.3 Å². The van der Waals surface area contributed by atoms with Crippen LogP contribution in [0.15, 0.2) is 42.5 Å². The number of anilines is 1. The summed E-state index contributed by atoms with van der Waals surface area (Å²) in [5.74, 6) is -2.49. The third-order valence-electron chi connectivity index (χ3n) is 5.79. The van der Waals surface area contributed by atoms with Crippen LogP contribution in [0.4, 0.5) is 5.69 Å². The maximum atomic E-state index is 13.2. The van der Waals surface area contributed by atoms with Gasteiger partial charge in [-0.1, -0.05) is 47.5 Å². The predicted molar refractivity (Wildman–Crippen MR) is 97.5 cm³/mol. The van der Waals surface area contributed by atoms with E-state index in [1.54, 1.807) is 18.2 Å². The lowest BCUT2D eigenvalue weighted by Gasteiger charge is -2.43. The number of imide groups is 1. The summed E-state index contributed by atoms with van der Waals surface area (Å²) in [7, 11) is 0. The number of fused-ring (bicyclic) bond motifs is 1. The monoisotopic (exact) mass is 385 g/mol. The first-order valence-electron chi connectivity index (χ1n) is 8.43. The Morgan fingerprint density at radius 2 is 1.46 bits per heavy atom. The van der Waals surface area contributed by atoms with Crippen molar-refractivity contribution in [3.8, 4) is 0 Å². The van der Waals surface area contributed by atoms with Crippen LogP contribution in [-0.2, 0) is 14.4 Å². The second-order valence-electron chi connectivity index (χ2n) is 7.07. The lowest BCUT2D eigenvalue weighted by molar-refractivity contribution is -0.134. The van der Waals surface area contributed by atoms with Crippen molar-refractivity contribution in [3.05, 3.63) is 63.6 Å². The second kappa shape index (κ2) is 5.41. The molecule has 6 rings (SSSR count). The number of nitrogens with zero attached hydrogens (tertiary/aromatic N) is 1. The third kappa shape index (κ3) is 2.00. The molecule has 0 N–H and O–H groups in total. The van der Waals surface area contributed by atoms with E-state index >= 15 is 0 Å². The first kappa shape index (κ1) is 16.0. The number of halogens is 2. The summed E-state index contributed by atoms with van der Waals surface area (Å²) in [4.78, 5) is 40.2. The molecular weight excluding hydrogens is 373 g/mol. The molecule has 1 saturated heterocycles. The molecule has 2 fully saturated rings. The van der Waals surface area contributed by atoms with E-state index in [9.17, 15) is 14.4 Å². The highest BCUT2D eigenvalue weighted by atomic mass is 35.5. The topological polar surface area (TPSA) is 54.5 Å². The highest BCUT2D eigenvalue weighted by Gasteiger charge is 2.62. The van der Waals surface area contributed by atoms with E-state index in [0.29, 0.717) is 22.2 Å². The van der Waals surface area contributed by atoms with Crippen molar-refractivity contribution in [3.63, 3.8) is 0 Å².